The van der Waals surface area contributed by atoms with Crippen molar-refractivity contribution in [2.75, 3.05) is 138 Å². The molecule has 0 spiro atoms. The van der Waals surface area contributed by atoms with E-state index in [9.17, 15) is 4.79 Å². The Morgan fingerprint density at radius 3 is 1.08 bits per heavy atom. The summed E-state index contributed by atoms with van der Waals surface area (Å²) < 4.78 is 64.7. The number of H-pyrrole nitrogens is 1. The maximum atomic E-state index is 11.8. The van der Waals surface area contributed by atoms with Crippen molar-refractivity contribution in [2.24, 2.45) is 0 Å². The molecule has 0 aliphatic carbocycles. The number of fused-ring (bicyclic) bond motifs is 3. The second-order valence-electron chi connectivity index (χ2n) is 18.1. The summed E-state index contributed by atoms with van der Waals surface area (Å²) in [6, 6.07) is 33.1. The number of ether oxygens (including phenoxy) is 12. The van der Waals surface area contributed by atoms with Gasteiger partial charge in [-0.2, -0.15) is 0 Å². The van der Waals surface area contributed by atoms with Crippen LogP contribution in [0.5, 0.6) is 34.5 Å². The molecule has 6 aromatic carbocycles. The third-order valence-corrected chi connectivity index (χ3v) is 12.0. The number of nitrogens with zero attached hydrogens (tertiary/aromatic N) is 5. The third-order valence-electron chi connectivity index (χ3n) is 12.0. The monoisotopic (exact) mass is 1230 g/mol. The summed E-state index contributed by atoms with van der Waals surface area (Å²) in [4.78, 5) is 36.0. The second kappa shape index (κ2) is 39.0. The molecule has 0 saturated carbocycles. The summed E-state index contributed by atoms with van der Waals surface area (Å²) in [7, 11) is 9.69. The Hall–Kier alpha value is -9.93. The highest BCUT2D eigenvalue weighted by Crippen LogP contribution is 2.37. The van der Waals surface area contributed by atoms with Gasteiger partial charge in [0.25, 0.3) is 5.56 Å². The van der Waals surface area contributed by atoms with Crippen LogP contribution in [0.4, 0.5) is 28.7 Å². The molecular weight excluding hydrogens is 1160 g/mol. The van der Waals surface area contributed by atoms with Gasteiger partial charge in [0.15, 0.2) is 34.5 Å². The Morgan fingerprint density at radius 1 is 0.416 bits per heavy atom. The summed E-state index contributed by atoms with van der Waals surface area (Å²) >= 11 is 0. The molecule has 23 heteroatoms. The first kappa shape index (κ1) is 69.8. The predicted octanol–water partition coefficient (Wildman–Crippen LogP) is 9.46. The first-order valence-electron chi connectivity index (χ1n) is 27.4. The number of aromatic nitrogens is 6. The molecule has 89 heavy (non-hydrogen) atoms. The molecular formula is C66H72ClN9O13. The Balaban J connectivity index is 0.000000228. The molecule has 0 saturated heterocycles. The van der Waals surface area contributed by atoms with E-state index in [2.05, 4.69) is 58.3 Å². The van der Waals surface area contributed by atoms with Gasteiger partial charge < -0.3 is 78.2 Å². The third kappa shape index (κ3) is 22.4. The van der Waals surface area contributed by atoms with Crippen LogP contribution < -0.4 is 50.3 Å². The Kier molecular flexibility index (Phi) is 30.6. The van der Waals surface area contributed by atoms with Gasteiger partial charge in [0.05, 0.1) is 67.9 Å². The minimum Gasteiger partial charge on any atom is -0.487 e. The normalized spacial score (nSPS) is 10.2. The minimum atomic E-state index is -0.222. The van der Waals surface area contributed by atoms with Gasteiger partial charge in [0.2, 0.25) is 0 Å². The van der Waals surface area contributed by atoms with Crippen molar-refractivity contribution in [3.8, 4) is 71.5 Å². The number of methoxy groups -OCH3 is 6. The van der Waals surface area contributed by atoms with Crippen LogP contribution in [-0.4, -0.2) is 152 Å². The van der Waals surface area contributed by atoms with Crippen molar-refractivity contribution in [1.29, 1.82) is 0 Å². The van der Waals surface area contributed by atoms with E-state index in [1.807, 2.05) is 84.9 Å². The number of halogens is 1. The number of nitrogen functional groups attached to an aromatic ring is 1. The highest BCUT2D eigenvalue weighted by Gasteiger charge is 2.16. The van der Waals surface area contributed by atoms with Gasteiger partial charge in [-0.15, -0.1) is 31.7 Å². The quantitative estimate of drug-likeness (QED) is 0.0202. The molecule has 5 N–H and O–H groups in total. The van der Waals surface area contributed by atoms with Crippen LogP contribution in [0.1, 0.15) is 16.7 Å². The van der Waals surface area contributed by atoms with Gasteiger partial charge in [0, 0.05) is 105 Å². The van der Waals surface area contributed by atoms with Gasteiger partial charge >= 0.3 is 0 Å². The van der Waals surface area contributed by atoms with Crippen LogP contribution in [0.3, 0.4) is 0 Å². The molecule has 22 nitrogen and oxygen atoms in total. The molecule has 3 heterocycles. The van der Waals surface area contributed by atoms with Crippen LogP contribution in [0, 0.1) is 37.0 Å². The van der Waals surface area contributed by atoms with E-state index in [4.69, 9.17) is 81.8 Å². The molecule has 0 aliphatic rings. The van der Waals surface area contributed by atoms with Gasteiger partial charge in [-0.1, -0.05) is 36.0 Å². The van der Waals surface area contributed by atoms with Crippen molar-refractivity contribution in [3.05, 3.63) is 155 Å². The number of nitrogens with two attached hydrogens (primary N) is 1. The molecule has 9 aromatic rings. The van der Waals surface area contributed by atoms with Crippen molar-refractivity contribution in [3.63, 3.8) is 0 Å². The lowest BCUT2D eigenvalue weighted by Crippen LogP contribution is -2.11. The van der Waals surface area contributed by atoms with Gasteiger partial charge in [-0.3, -0.25) is 4.79 Å². The Bertz CT molecular complexity index is 3670. The number of hydrogen-bond donors (Lipinski definition) is 4. The number of hydrogen-bond acceptors (Lipinski definition) is 21. The van der Waals surface area contributed by atoms with Crippen molar-refractivity contribution < 1.29 is 56.8 Å². The summed E-state index contributed by atoms with van der Waals surface area (Å²) in [5.74, 6) is 12.4. The largest absolute Gasteiger partial charge is 0.487 e. The maximum Gasteiger partial charge on any atom is 0.258 e. The SMILES string of the molecule is C#Cc1cccc(N)c1.C#Cc1cccc(Nc2ncnc3cc(OCCOC)c(OCCOC)cc23)c1.C#Cc1cccc(Nc2ncnc3cc(OCCOC)c(OCCOC)cc23)c1.COCCOc1cc2nc[nH]c(=O)c2cc1OCCOC.Cl. The second-order valence-corrected chi connectivity index (χ2v) is 18.1. The van der Waals surface area contributed by atoms with Gasteiger partial charge in [-0.05, 0) is 72.8 Å². The van der Waals surface area contributed by atoms with E-state index in [-0.39, 0.29) is 18.0 Å². The maximum absolute atomic E-state index is 11.8. The standard InChI is InChI=1S/2C22H23N3O4.C14H18N2O5.C8H7N.ClH/c2*1-4-16-6-5-7-17(12-16)25-22-18-13-20(28-10-8-26-2)21(29-11-9-27-3)14-19(18)23-15-24-22;1-18-3-5-20-12-7-10-11(15-9-16-14(10)17)8-13(12)21-6-4-19-2;1-2-7-4-3-5-8(9)6-7;/h2*1,5-7,12-15H,8-11H2,2-3H3,(H,23,24,25);7-9H,3-6H2,1-2H3,(H,15,16,17);1,3-6H,9H2;1H. The highest BCUT2D eigenvalue weighted by atomic mass is 35.5. The molecule has 0 atom stereocenters. The fourth-order valence-corrected chi connectivity index (χ4v) is 7.77. The number of nitrogens with one attached hydrogen (secondary N) is 3. The number of anilines is 5. The summed E-state index contributed by atoms with van der Waals surface area (Å²) in [6.07, 6.45) is 20.5. The van der Waals surface area contributed by atoms with Gasteiger partial charge in [-0.25, -0.2) is 24.9 Å². The van der Waals surface area contributed by atoms with Crippen LogP contribution in [-0.2, 0) is 28.4 Å². The van der Waals surface area contributed by atoms with E-state index in [1.165, 1.54) is 19.0 Å². The van der Waals surface area contributed by atoms with E-state index in [0.717, 1.165) is 49.9 Å². The molecule has 0 bridgehead atoms. The van der Waals surface area contributed by atoms with E-state index >= 15 is 0 Å². The molecule has 0 radical (unpaired) electrons. The number of rotatable bonds is 28. The summed E-state index contributed by atoms with van der Waals surface area (Å²) in [6.45, 7) is 5.09. The molecule has 0 aliphatic heterocycles. The van der Waals surface area contributed by atoms with Gasteiger partial charge in [0.1, 0.15) is 63.9 Å². The van der Waals surface area contributed by atoms with Crippen molar-refractivity contribution >= 4 is 73.8 Å². The van der Waals surface area contributed by atoms with E-state index in [0.29, 0.717) is 142 Å². The molecule has 0 amide bonds. The number of terminal acetylenes is 3. The summed E-state index contributed by atoms with van der Waals surface area (Å²) in [5.41, 5.74) is 12.0. The average Bonchev–Trinajstić information content (AvgIpc) is 3.00. The topological polar surface area (TPSA) is 258 Å². The fourth-order valence-electron chi connectivity index (χ4n) is 7.77. The van der Waals surface area contributed by atoms with Crippen LogP contribution in [0.25, 0.3) is 32.7 Å². The Labute approximate surface area is 523 Å². The highest BCUT2D eigenvalue weighted by molar-refractivity contribution is 5.94. The summed E-state index contributed by atoms with van der Waals surface area (Å²) in [5, 5.41) is 8.64. The Morgan fingerprint density at radius 2 is 0.742 bits per heavy atom. The van der Waals surface area contributed by atoms with Crippen LogP contribution in [0.15, 0.2) is 133 Å². The fraction of sp³-hybridized carbons (Fsp3) is 0.273. The zero-order chi connectivity index (χ0) is 62.7. The van der Waals surface area contributed by atoms with Crippen molar-refractivity contribution in [1.82, 2.24) is 29.9 Å². The zero-order valence-corrected chi connectivity index (χ0v) is 51.2. The lowest BCUT2D eigenvalue weighted by Gasteiger charge is -2.15. The molecule has 0 unspecified atom stereocenters. The minimum absolute atomic E-state index is 0. The smallest absolute Gasteiger partial charge is 0.258 e. The number of benzene rings is 6. The van der Waals surface area contributed by atoms with Crippen LogP contribution >= 0.6 is 12.4 Å². The zero-order valence-electron chi connectivity index (χ0n) is 50.4. The lowest BCUT2D eigenvalue weighted by molar-refractivity contribution is 0.132. The molecule has 0 fully saturated rings. The van der Waals surface area contributed by atoms with Crippen LogP contribution in [0.2, 0.25) is 0 Å². The van der Waals surface area contributed by atoms with Crippen molar-refractivity contribution in [2.45, 2.75) is 0 Å². The average molecular weight is 1230 g/mol. The lowest BCUT2D eigenvalue weighted by atomic mass is 10.2. The number of aromatic amines is 1. The van der Waals surface area contributed by atoms with E-state index in [1.54, 1.807) is 66.9 Å². The first-order chi connectivity index (χ1) is 43.1. The first-order valence-corrected chi connectivity index (χ1v) is 27.4. The molecule has 3 aromatic heterocycles. The molecule has 9 rings (SSSR count). The van der Waals surface area contributed by atoms with E-state index < -0.39 is 0 Å². The molecule has 466 valence electrons. The predicted molar refractivity (Wildman–Crippen MR) is 347 cm³/mol.